The second-order valence-electron chi connectivity index (χ2n) is 13.7. The van der Waals surface area contributed by atoms with Crippen LogP contribution in [0.15, 0.2) is 164 Å². The maximum Gasteiger partial charge on any atom is 0.340 e. The average Bonchev–Trinajstić information content (AvgIpc) is 4.14. The lowest BCUT2D eigenvalue weighted by Gasteiger charge is -2.14. The van der Waals surface area contributed by atoms with Gasteiger partial charge in [0, 0.05) is 12.4 Å². The van der Waals surface area contributed by atoms with Gasteiger partial charge in [0.2, 0.25) is 20.0 Å². The minimum absolute atomic E-state index is 0.0172. The number of anilines is 2. The summed E-state index contributed by atoms with van der Waals surface area (Å²) in [5.41, 5.74) is 2.78. The number of nitrogens with one attached hydrogen (secondary N) is 2. The third kappa shape index (κ3) is 16.8. The third-order valence-electron chi connectivity index (χ3n) is 8.78. The van der Waals surface area contributed by atoms with Gasteiger partial charge in [0.1, 0.15) is 34.2 Å². The molecular weight excluding hydrogens is 972 g/mol. The molecule has 4 aromatic carbocycles. The number of hydrogen-bond donors (Lipinski definition) is 5. The number of aromatic nitrogens is 2. The Labute approximate surface area is 399 Å². The highest BCUT2D eigenvalue weighted by Crippen LogP contribution is 2.32. The number of aliphatic hydroxyl groups excluding tert-OH is 1. The van der Waals surface area contributed by atoms with E-state index in [0.29, 0.717) is 43.6 Å². The highest BCUT2D eigenvalue weighted by molar-refractivity contribution is 7.89. The molecule has 0 radical (unpaired) electrons. The number of hydrogen-bond acceptors (Lipinski definition) is 15. The molecule has 1 unspecified atom stereocenters. The zero-order valence-corrected chi connectivity index (χ0v) is 39.4. The van der Waals surface area contributed by atoms with Crippen LogP contribution in [0.2, 0.25) is 10.0 Å². The van der Waals surface area contributed by atoms with Crippen LogP contribution in [-0.4, -0.2) is 67.5 Å². The van der Waals surface area contributed by atoms with Crippen molar-refractivity contribution in [1.82, 2.24) is 8.96 Å². The van der Waals surface area contributed by atoms with Crippen molar-refractivity contribution in [3.8, 4) is 0 Å². The normalized spacial score (nSPS) is 11.7. The summed E-state index contributed by atoms with van der Waals surface area (Å²) < 4.78 is 87.5. The second kappa shape index (κ2) is 25.9. The van der Waals surface area contributed by atoms with Gasteiger partial charge in [0.05, 0.1) is 90.5 Å². The van der Waals surface area contributed by atoms with Crippen molar-refractivity contribution in [1.29, 1.82) is 0 Å². The van der Waals surface area contributed by atoms with Gasteiger partial charge in [0.15, 0.2) is 11.0 Å². The summed E-state index contributed by atoms with van der Waals surface area (Å²) >= 11 is 12.1. The third-order valence-corrected chi connectivity index (χ3v) is 12.8. The van der Waals surface area contributed by atoms with Gasteiger partial charge >= 0.3 is 5.97 Å². The van der Waals surface area contributed by atoms with Crippen LogP contribution in [0, 0.1) is 0 Å². The minimum Gasteiger partial charge on any atom is -0.467 e. The van der Waals surface area contributed by atoms with E-state index in [1.807, 2.05) is 60.7 Å². The molecule has 1 atom stereocenters. The highest BCUT2D eigenvalue weighted by Gasteiger charge is 2.23. The molecule has 0 spiro atoms. The molecule has 0 saturated heterocycles. The van der Waals surface area contributed by atoms with Crippen LogP contribution in [-0.2, 0) is 71.5 Å². The number of ether oxygens (including phenoxy) is 3. The number of sulfonamides is 2. The molecule has 7 aromatic rings. The molecule has 0 aliphatic carbocycles. The van der Waals surface area contributed by atoms with Crippen molar-refractivity contribution in [2.45, 2.75) is 41.0 Å². The van der Waals surface area contributed by atoms with E-state index in [4.69, 9.17) is 61.6 Å². The fourth-order valence-electron chi connectivity index (χ4n) is 5.64. The molecule has 0 amide bonds. The number of carbonyl (C=O) groups excluding carboxylic acids is 1. The Kier molecular flexibility index (Phi) is 20.1. The molecule has 3 heterocycles. The summed E-state index contributed by atoms with van der Waals surface area (Å²) in [6.45, 7) is 2.17. The predicted octanol–water partition coefficient (Wildman–Crippen LogP) is 6.72. The van der Waals surface area contributed by atoms with E-state index in [9.17, 15) is 25.8 Å². The summed E-state index contributed by atoms with van der Waals surface area (Å²) in [5.74, 6) is 0.512. The summed E-state index contributed by atoms with van der Waals surface area (Å²) in [5, 5.41) is 24.6. The first-order valence-electron chi connectivity index (χ1n) is 19.8. The number of carbonyl (C=O) groups is 1. The van der Waals surface area contributed by atoms with Crippen LogP contribution in [0.5, 0.6) is 0 Å². The topological polar surface area (TPSA) is 271 Å². The maximum absolute atomic E-state index is 12.8. The first kappa shape index (κ1) is 52.1. The lowest BCUT2D eigenvalue weighted by atomic mass is 10.1. The van der Waals surface area contributed by atoms with E-state index in [2.05, 4.69) is 15.6 Å². The van der Waals surface area contributed by atoms with Gasteiger partial charge in [-0.2, -0.15) is 0 Å². The molecule has 0 aliphatic heterocycles. The standard InChI is InChI=1S/C21H21ClN2O6S.C14H13ClN4O4S2.C9H12O2/c22-18-12-19(24-13-16-7-4-8-29-16)17(11-20(18)31(23,26)27)21(25)30-10-9-28-14-15-5-2-1-3-6-15;15-11-6-12(18-8-10-2-1-5-23-10)13(7-14(11)25(16,21)22)24(20)19-4-3-17-9-19;10-6-7-11-8-9-4-2-1-3-5-9/h1-8,11-12,24H,9-10,13-14H2,(H2,23,26,27);1-7,9,18H,8H2,(H2,16,21,22);1-5,10H,6-8H2. The smallest absolute Gasteiger partial charge is 0.340 e. The van der Waals surface area contributed by atoms with Crippen molar-refractivity contribution in [3.63, 3.8) is 0 Å². The number of nitrogens with two attached hydrogens (primary N) is 2. The fraction of sp³-hybridized carbons (Fsp3) is 0.182. The number of benzene rings is 4. The average molecular weight is 1020 g/mol. The van der Waals surface area contributed by atoms with Crippen LogP contribution >= 0.6 is 23.2 Å². The molecule has 23 heteroatoms. The van der Waals surface area contributed by atoms with Gasteiger partial charge in [-0.1, -0.05) is 83.9 Å². The van der Waals surface area contributed by atoms with Gasteiger partial charge < -0.3 is 38.8 Å². The van der Waals surface area contributed by atoms with E-state index >= 15 is 0 Å². The summed E-state index contributed by atoms with van der Waals surface area (Å²) in [7, 11) is -9.95. The molecule has 7 N–H and O–H groups in total. The van der Waals surface area contributed by atoms with Gasteiger partial charge in [-0.25, -0.2) is 41.1 Å². The number of esters is 1. The quantitative estimate of drug-likeness (QED) is 0.0392. The Balaban J connectivity index is 0.000000208. The highest BCUT2D eigenvalue weighted by atomic mass is 35.5. The Hall–Kier alpha value is -5.85. The summed E-state index contributed by atoms with van der Waals surface area (Å²) in [4.78, 5) is 16.0. The van der Waals surface area contributed by atoms with Crippen LogP contribution in [0.3, 0.4) is 0 Å². The number of rotatable bonds is 20. The van der Waals surface area contributed by atoms with Gasteiger partial charge in [-0.05, 0) is 59.7 Å². The number of aliphatic hydroxyl groups is 1. The van der Waals surface area contributed by atoms with E-state index in [1.54, 1.807) is 24.3 Å². The number of nitrogens with zero attached hydrogens (tertiary/aromatic N) is 2. The van der Waals surface area contributed by atoms with Crippen molar-refractivity contribution in [3.05, 3.63) is 179 Å². The van der Waals surface area contributed by atoms with Gasteiger partial charge in [0.25, 0.3) is 0 Å². The Bertz CT molecular complexity index is 2860. The lowest BCUT2D eigenvalue weighted by molar-refractivity contribution is 0.0289. The SMILES string of the molecule is NS(=O)(=O)c1cc(C(=O)OCCOCc2ccccc2)c(NCc2ccco2)cc1Cl.NS(=O)(=O)c1cc(S(=O)n2ccnc2)c(NCc2ccco2)cc1Cl.OCCOCc1ccccc1. The molecule has 18 nitrogen and oxygen atoms in total. The largest absolute Gasteiger partial charge is 0.467 e. The van der Waals surface area contributed by atoms with Crippen molar-refractivity contribution >= 4 is 71.6 Å². The van der Waals surface area contributed by atoms with Crippen LogP contribution in [0.4, 0.5) is 11.4 Å². The van der Waals surface area contributed by atoms with Crippen molar-refractivity contribution in [2.75, 3.05) is 37.1 Å². The van der Waals surface area contributed by atoms with Gasteiger partial charge in [-0.15, -0.1) is 0 Å². The van der Waals surface area contributed by atoms with E-state index in [0.717, 1.165) is 17.2 Å². The second-order valence-corrected chi connectivity index (χ2v) is 18.9. The molecule has 7 rings (SSSR count). The summed E-state index contributed by atoms with van der Waals surface area (Å²) in [6, 6.07) is 31.4. The van der Waals surface area contributed by atoms with Crippen LogP contribution < -0.4 is 20.9 Å². The molecule has 3 aromatic heterocycles. The molecular formula is C44H46Cl2N6O12S3. The number of furan rings is 2. The fourth-order valence-corrected chi connectivity index (χ4v) is 8.98. The number of imidazole rings is 1. The van der Waals surface area contributed by atoms with E-state index in [-0.39, 0.29) is 62.3 Å². The zero-order chi connectivity index (χ0) is 48.2. The minimum atomic E-state index is -4.13. The Morgan fingerprint density at radius 3 is 1.73 bits per heavy atom. The Morgan fingerprint density at radius 2 is 1.24 bits per heavy atom. The lowest BCUT2D eigenvalue weighted by Crippen LogP contribution is -2.17. The first-order valence-corrected chi connectivity index (χ1v) is 24.8. The predicted molar refractivity (Wildman–Crippen MR) is 251 cm³/mol. The molecule has 0 bridgehead atoms. The van der Waals surface area contributed by atoms with Crippen molar-refractivity contribution in [2.24, 2.45) is 10.3 Å². The number of halogens is 2. The monoisotopic (exact) mass is 1020 g/mol. The number of primary sulfonamides is 2. The van der Waals surface area contributed by atoms with Crippen LogP contribution in [0.1, 0.15) is 33.0 Å². The Morgan fingerprint density at radius 1 is 0.716 bits per heavy atom. The molecule has 0 fully saturated rings. The van der Waals surface area contributed by atoms with E-state index < -0.39 is 37.0 Å². The van der Waals surface area contributed by atoms with Crippen LogP contribution in [0.25, 0.3) is 0 Å². The first-order chi connectivity index (χ1) is 32.1. The maximum atomic E-state index is 12.8. The zero-order valence-electron chi connectivity index (χ0n) is 35.4. The summed E-state index contributed by atoms with van der Waals surface area (Å²) in [6.07, 6.45) is 7.36. The molecule has 356 valence electrons. The van der Waals surface area contributed by atoms with E-state index in [1.165, 1.54) is 53.4 Å². The van der Waals surface area contributed by atoms with Gasteiger partial charge in [-0.3, -0.25) is 3.97 Å². The molecule has 0 saturated carbocycles. The van der Waals surface area contributed by atoms with Crippen molar-refractivity contribution < 1.29 is 54.0 Å². The molecule has 67 heavy (non-hydrogen) atoms. The molecule has 0 aliphatic rings.